The second-order valence-corrected chi connectivity index (χ2v) is 16.7. The monoisotopic (exact) mass is 740 g/mol. The van der Waals surface area contributed by atoms with Gasteiger partial charge in [0, 0.05) is 44.2 Å². The first kappa shape index (κ1) is 30.7. The predicted octanol–water partition coefficient (Wildman–Crippen LogP) is 0.631. The largest absolute Gasteiger partial charge is 0.355 e. The smallest absolute Gasteiger partial charge is 0.210 e. The van der Waals surface area contributed by atoms with E-state index < -0.39 is 93.6 Å². The molecule has 0 aromatic carbocycles. The van der Waals surface area contributed by atoms with Gasteiger partial charge in [-0.05, 0) is 94.5 Å². The Morgan fingerprint density at radius 3 is 0.911 bits per heavy atom. The summed E-state index contributed by atoms with van der Waals surface area (Å²) in [6, 6.07) is 0. The van der Waals surface area contributed by atoms with Crippen LogP contribution in [-0.2, 0) is 38.4 Å². The molecule has 4 N–H and O–H groups in total. The molecule has 5 heterocycles. The second-order valence-electron chi connectivity index (χ2n) is 16.7. The zero-order chi connectivity index (χ0) is 37.8. The summed E-state index contributed by atoms with van der Waals surface area (Å²) in [6.45, 7) is 0. The van der Waals surface area contributed by atoms with Crippen LogP contribution in [0.15, 0.2) is 24.3 Å². The highest BCUT2D eigenvalue weighted by molar-refractivity contribution is 6.45. The van der Waals surface area contributed by atoms with Gasteiger partial charge in [-0.15, -0.1) is 0 Å². The van der Waals surface area contributed by atoms with Crippen molar-refractivity contribution in [2.45, 2.75) is 73.0 Å². The van der Waals surface area contributed by atoms with Crippen LogP contribution < -0.4 is 21.4 Å². The third-order valence-electron chi connectivity index (χ3n) is 14.2. The van der Waals surface area contributed by atoms with Gasteiger partial charge in [-0.25, -0.2) is 0 Å². The number of allylic oxidation sites excluding steroid dienone is 4. The molecule has 4 aromatic rings. The summed E-state index contributed by atoms with van der Waals surface area (Å²) in [7, 11) is 0. The molecule has 2 fully saturated rings. The highest BCUT2D eigenvalue weighted by atomic mass is 16.2. The fourth-order valence-electron chi connectivity index (χ4n) is 11.9. The Balaban J connectivity index is 1.20. The van der Waals surface area contributed by atoms with E-state index >= 15 is 0 Å². The zero-order valence-corrected chi connectivity index (χ0v) is 29.3. The highest BCUT2D eigenvalue weighted by Crippen LogP contribution is 2.50. The number of ketones is 8. The number of H-pyrrole nitrogens is 4. The fourth-order valence-corrected chi connectivity index (χ4v) is 11.9. The van der Waals surface area contributed by atoms with Crippen LogP contribution in [0.25, 0.3) is 24.3 Å². The molecule has 16 bridgehead atoms. The van der Waals surface area contributed by atoms with E-state index in [0.29, 0.717) is 92.1 Å². The first-order chi connectivity index (χ1) is 27.1. The molecule has 12 nitrogen and oxygen atoms in total. The minimum atomic E-state index is -0.832. The van der Waals surface area contributed by atoms with Crippen LogP contribution in [0.4, 0.5) is 0 Å². The van der Waals surface area contributed by atoms with Crippen LogP contribution in [0.1, 0.15) is 140 Å². The maximum absolute atomic E-state index is 13.5. The van der Waals surface area contributed by atoms with Crippen LogP contribution in [-0.4, -0.2) is 66.2 Å². The van der Waals surface area contributed by atoms with Crippen molar-refractivity contribution < 1.29 is 38.4 Å². The molecular formula is C44H28N4O8. The van der Waals surface area contributed by atoms with Gasteiger partial charge >= 0.3 is 0 Å². The lowest BCUT2D eigenvalue weighted by Crippen LogP contribution is -2.42. The molecule has 8 unspecified atom stereocenters. The number of aromatic nitrogens is 4. The van der Waals surface area contributed by atoms with E-state index in [-0.39, 0.29) is 0 Å². The highest BCUT2D eigenvalue weighted by Gasteiger charge is 2.51. The van der Waals surface area contributed by atoms with E-state index in [4.69, 9.17) is 0 Å². The van der Waals surface area contributed by atoms with Gasteiger partial charge in [-0.1, -0.05) is 24.3 Å². The summed E-state index contributed by atoms with van der Waals surface area (Å²) in [5, 5.41) is 2.32. The SMILES string of the molecule is O=C1C(=O)C2C=CC1c1c3[nH]c(c12)C=c1[nH]c(c2c1C1CCC2C(=O)C1=O)=Cc1[nH]c(c2c1C1CCC2C(=O)C1=O)C=c1[nH]c(c2c1C1C=CC2C(=O)C1=O)=C3. The Hall–Kier alpha value is -6.56. The number of hydrogen-bond acceptors (Lipinski definition) is 8. The lowest BCUT2D eigenvalue weighted by atomic mass is 9.65. The predicted molar refractivity (Wildman–Crippen MR) is 195 cm³/mol. The molecule has 12 heteroatoms. The molecule has 4 aromatic heterocycles. The topological polar surface area (TPSA) is 200 Å². The Labute approximate surface area is 314 Å². The molecule has 0 saturated heterocycles. The molecule has 2 saturated carbocycles. The van der Waals surface area contributed by atoms with E-state index in [1.54, 1.807) is 24.3 Å². The fraction of sp³-hybridized carbons (Fsp3) is 0.273. The third kappa shape index (κ3) is 3.40. The first-order valence-corrected chi connectivity index (χ1v) is 19.2. The van der Waals surface area contributed by atoms with Crippen LogP contribution in [0, 0.1) is 0 Å². The maximum Gasteiger partial charge on any atom is 0.210 e. The van der Waals surface area contributed by atoms with E-state index in [9.17, 15) is 38.4 Å². The Kier molecular flexibility index (Phi) is 5.38. The van der Waals surface area contributed by atoms with Crippen molar-refractivity contribution >= 4 is 70.6 Å². The average Bonchev–Trinajstić information content (AvgIpc) is 3.96. The van der Waals surface area contributed by atoms with Crippen LogP contribution in [0.3, 0.4) is 0 Å². The second kappa shape index (κ2) is 9.81. The van der Waals surface area contributed by atoms with Crippen molar-refractivity contribution in [1.29, 1.82) is 0 Å². The summed E-state index contributed by atoms with van der Waals surface area (Å²) in [5.41, 5.74) is 7.82. The van der Waals surface area contributed by atoms with Crippen molar-refractivity contribution in [2.75, 3.05) is 0 Å². The Morgan fingerprint density at radius 2 is 0.571 bits per heavy atom. The van der Waals surface area contributed by atoms with Crippen LogP contribution >= 0.6 is 0 Å². The number of Topliss-reactive ketones (excluding diaryl/α,β-unsaturated/α-hetero) is 8. The maximum atomic E-state index is 13.5. The average molecular weight is 741 g/mol. The van der Waals surface area contributed by atoms with Gasteiger partial charge in [0.15, 0.2) is 0 Å². The van der Waals surface area contributed by atoms with Crippen molar-refractivity contribution in [2.24, 2.45) is 0 Å². The first-order valence-electron chi connectivity index (χ1n) is 19.2. The van der Waals surface area contributed by atoms with Crippen LogP contribution in [0.5, 0.6) is 0 Å². The quantitative estimate of drug-likeness (QED) is 0.131. The molecular weight excluding hydrogens is 713 g/mol. The third-order valence-corrected chi connectivity index (χ3v) is 14.2. The van der Waals surface area contributed by atoms with Crippen molar-refractivity contribution in [3.05, 3.63) is 113 Å². The van der Waals surface area contributed by atoms with E-state index in [2.05, 4.69) is 19.9 Å². The van der Waals surface area contributed by atoms with Gasteiger partial charge in [0.25, 0.3) is 0 Å². The number of carbonyl (C=O) groups excluding carboxylic acids is 8. The van der Waals surface area contributed by atoms with E-state index in [1.807, 2.05) is 24.3 Å². The molecule has 0 spiro atoms. The summed E-state index contributed by atoms with van der Waals surface area (Å²) in [4.78, 5) is 122. The molecule has 0 radical (unpaired) electrons. The summed E-state index contributed by atoms with van der Waals surface area (Å²) < 4.78 is 0. The number of carbonyl (C=O) groups is 8. The van der Waals surface area contributed by atoms with Gasteiger partial charge in [0.1, 0.15) is 0 Å². The van der Waals surface area contributed by atoms with Gasteiger partial charge in [-0.2, -0.15) is 0 Å². The molecule has 17 rings (SSSR count). The lowest BCUT2D eigenvalue weighted by molar-refractivity contribution is -0.141. The molecule has 12 aliphatic carbocycles. The molecule has 0 amide bonds. The number of aromatic amines is 4. The molecule has 272 valence electrons. The Morgan fingerprint density at radius 1 is 0.304 bits per heavy atom. The van der Waals surface area contributed by atoms with Gasteiger partial charge < -0.3 is 19.9 Å². The lowest BCUT2D eigenvalue weighted by Gasteiger charge is -2.34. The van der Waals surface area contributed by atoms with Crippen molar-refractivity contribution in [1.82, 2.24) is 19.9 Å². The number of hydrogen-bond donors (Lipinski definition) is 4. The molecule has 1 aliphatic heterocycles. The number of rotatable bonds is 0. The summed E-state index contributed by atoms with van der Waals surface area (Å²) in [5.74, 6) is -9.68. The van der Waals surface area contributed by atoms with E-state index in [0.717, 1.165) is 22.3 Å². The minimum Gasteiger partial charge on any atom is -0.355 e. The standard InChI is InChI=1S/C44H28N4O8/c49-37-13-1-2-14(38(37)50)30-22-10-24-32-16-5-6-18(42(54)40(16)52)34(32)26(47-24)12-28-36-20-8-7-19(43(55)44(20)56)35(36)27(48-28)11-25-33-17-4-3-15(39(51)41(17)53)31(33)23(46-25)9-21(45-22)29(13)30/h1-4,9-20,45-48H,5-8H2. The van der Waals surface area contributed by atoms with Gasteiger partial charge in [0.2, 0.25) is 46.3 Å². The molecule has 13 aliphatic rings. The molecule has 56 heavy (non-hydrogen) atoms. The Bertz CT molecular complexity index is 3150. The summed E-state index contributed by atoms with van der Waals surface area (Å²) in [6.07, 6.45) is 16.5. The van der Waals surface area contributed by atoms with Crippen LogP contribution in [0.2, 0.25) is 0 Å². The number of fused-ring (bicyclic) bond motifs is 14. The van der Waals surface area contributed by atoms with E-state index in [1.165, 1.54) is 0 Å². The minimum absolute atomic E-state index is 0.425. The number of nitrogens with one attached hydrogen (secondary N) is 4. The van der Waals surface area contributed by atoms with Crippen molar-refractivity contribution in [3.63, 3.8) is 0 Å². The van der Waals surface area contributed by atoms with Gasteiger partial charge in [-0.3, -0.25) is 38.4 Å². The molecule has 8 atom stereocenters. The normalized spacial score (nSPS) is 30.6. The van der Waals surface area contributed by atoms with Gasteiger partial charge in [0.05, 0.1) is 47.3 Å². The zero-order valence-electron chi connectivity index (χ0n) is 29.3. The summed E-state index contributed by atoms with van der Waals surface area (Å²) >= 11 is 0. The van der Waals surface area contributed by atoms with Crippen molar-refractivity contribution in [3.8, 4) is 0 Å².